The molecule has 164 valence electrons. The maximum atomic E-state index is 10.8. The normalized spacial score (nSPS) is 24.7. The van der Waals surface area contributed by atoms with Crippen molar-refractivity contribution in [3.8, 4) is 0 Å². The van der Waals surface area contributed by atoms with Gasteiger partial charge in [0, 0.05) is 13.0 Å². The highest BCUT2D eigenvalue weighted by atomic mass is 16.6. The number of aromatic nitrogens is 4. The topological polar surface area (TPSA) is 221 Å². The van der Waals surface area contributed by atoms with Crippen molar-refractivity contribution < 1.29 is 24.9 Å². The Morgan fingerprint density at radius 3 is 2.73 bits per heavy atom. The Hall–Kier alpha value is -3.03. The second-order valence-electron chi connectivity index (χ2n) is 7.28. The molecular weight excluding hydrogens is 396 g/mol. The van der Waals surface area contributed by atoms with Gasteiger partial charge in [-0.25, -0.2) is 15.0 Å². The summed E-state index contributed by atoms with van der Waals surface area (Å²) >= 11 is 0. The number of aliphatic imine (C=N–C) groups is 1. The smallest absolute Gasteiger partial charge is 0.303 e. The summed E-state index contributed by atoms with van der Waals surface area (Å²) < 4.78 is 7.43. The van der Waals surface area contributed by atoms with E-state index < -0.39 is 30.5 Å². The van der Waals surface area contributed by atoms with Gasteiger partial charge in [-0.15, -0.1) is 0 Å². The third-order valence-electron chi connectivity index (χ3n) is 5.10. The fourth-order valence-corrected chi connectivity index (χ4v) is 3.60. The molecule has 2 aromatic rings. The standard InChI is InChI=1S/C17H26N8O5/c18-14-11-15(23-6-22-14)25(7-24-11)16-13(29)12(28)9(30-16)4-8(5-21-17(19)20)2-1-3-10(26)27/h6-9,12-13,16,28-29H,1-5H2,(H,26,27)(H2,18,22,23)(H4,19,20,21). The van der Waals surface area contributed by atoms with E-state index in [2.05, 4.69) is 19.9 Å². The molecule has 0 bridgehead atoms. The van der Waals surface area contributed by atoms with E-state index in [-0.39, 0.29) is 30.7 Å². The number of rotatable bonds is 9. The molecule has 13 nitrogen and oxygen atoms in total. The van der Waals surface area contributed by atoms with Crippen molar-refractivity contribution in [2.24, 2.45) is 22.4 Å². The molecule has 5 atom stereocenters. The Kier molecular flexibility index (Phi) is 6.64. The number of nitrogens with two attached hydrogens (primary N) is 3. The molecule has 0 spiro atoms. The zero-order chi connectivity index (χ0) is 21.8. The second kappa shape index (κ2) is 9.19. The quantitative estimate of drug-likeness (QED) is 0.203. The zero-order valence-electron chi connectivity index (χ0n) is 16.2. The summed E-state index contributed by atoms with van der Waals surface area (Å²) in [5.41, 5.74) is 17.3. The minimum Gasteiger partial charge on any atom is -0.481 e. The number of imidazole rings is 1. The molecule has 1 aliphatic rings. The first-order chi connectivity index (χ1) is 14.3. The van der Waals surface area contributed by atoms with Crippen molar-refractivity contribution in [1.29, 1.82) is 0 Å². The first-order valence-electron chi connectivity index (χ1n) is 9.49. The molecule has 1 saturated heterocycles. The summed E-state index contributed by atoms with van der Waals surface area (Å²) in [5, 5.41) is 30.0. The fraction of sp³-hybridized carbons (Fsp3) is 0.588. The zero-order valence-corrected chi connectivity index (χ0v) is 16.2. The van der Waals surface area contributed by atoms with E-state index in [0.29, 0.717) is 30.4 Å². The van der Waals surface area contributed by atoms with Crippen LogP contribution in [0.25, 0.3) is 11.2 Å². The Labute approximate surface area is 171 Å². The molecule has 1 aliphatic heterocycles. The van der Waals surface area contributed by atoms with Crippen LogP contribution in [0.5, 0.6) is 0 Å². The van der Waals surface area contributed by atoms with Gasteiger partial charge in [-0.05, 0) is 25.2 Å². The average molecular weight is 422 g/mol. The van der Waals surface area contributed by atoms with Crippen LogP contribution in [0.4, 0.5) is 5.82 Å². The highest BCUT2D eigenvalue weighted by Crippen LogP contribution is 2.35. The van der Waals surface area contributed by atoms with E-state index in [9.17, 15) is 15.0 Å². The van der Waals surface area contributed by atoms with Gasteiger partial charge in [0.15, 0.2) is 23.7 Å². The van der Waals surface area contributed by atoms with Crippen LogP contribution in [0.1, 0.15) is 31.9 Å². The van der Waals surface area contributed by atoms with Crippen molar-refractivity contribution in [2.45, 2.75) is 50.2 Å². The Bertz CT molecular complexity index is 915. The molecule has 0 radical (unpaired) electrons. The lowest BCUT2D eigenvalue weighted by Crippen LogP contribution is -2.33. The number of carboxylic acid groups (broad SMARTS) is 1. The summed E-state index contributed by atoms with van der Waals surface area (Å²) in [5.74, 6) is -0.920. The van der Waals surface area contributed by atoms with Crippen LogP contribution < -0.4 is 17.2 Å². The van der Waals surface area contributed by atoms with E-state index in [1.165, 1.54) is 17.2 Å². The van der Waals surface area contributed by atoms with Gasteiger partial charge in [0.25, 0.3) is 0 Å². The number of nitrogen functional groups attached to an aromatic ring is 1. The van der Waals surface area contributed by atoms with E-state index in [1.54, 1.807) is 0 Å². The summed E-state index contributed by atoms with van der Waals surface area (Å²) in [6, 6.07) is 0. The van der Waals surface area contributed by atoms with Crippen molar-refractivity contribution in [3.63, 3.8) is 0 Å². The number of hydrogen-bond acceptors (Lipinski definition) is 9. The van der Waals surface area contributed by atoms with Gasteiger partial charge < -0.3 is 37.3 Å². The summed E-state index contributed by atoms with van der Waals surface area (Å²) in [6.07, 6.45) is -0.0572. The van der Waals surface area contributed by atoms with E-state index in [4.69, 9.17) is 27.0 Å². The maximum Gasteiger partial charge on any atom is 0.303 e. The number of aliphatic hydroxyl groups is 2. The summed E-state index contributed by atoms with van der Waals surface area (Å²) in [4.78, 5) is 27.0. The Morgan fingerprint density at radius 2 is 2.03 bits per heavy atom. The van der Waals surface area contributed by atoms with E-state index >= 15 is 0 Å². The second-order valence-corrected chi connectivity index (χ2v) is 7.28. The molecule has 13 heteroatoms. The lowest BCUT2D eigenvalue weighted by Gasteiger charge is -2.21. The van der Waals surface area contributed by atoms with Crippen LogP contribution in [-0.2, 0) is 9.53 Å². The summed E-state index contributed by atoms with van der Waals surface area (Å²) in [6.45, 7) is 0.257. The molecule has 0 aliphatic carbocycles. The number of aliphatic hydroxyl groups excluding tert-OH is 2. The van der Waals surface area contributed by atoms with Gasteiger partial charge in [-0.2, -0.15) is 0 Å². The van der Waals surface area contributed by atoms with Crippen molar-refractivity contribution >= 4 is 28.9 Å². The SMILES string of the molecule is NC(N)=NCC(CCCC(=O)O)CC1OC(n2cnc3c(N)ncnc32)C(O)C1O. The minimum atomic E-state index is -1.23. The number of aliphatic carboxylic acids is 1. The molecule has 0 amide bonds. The molecule has 0 saturated carbocycles. The number of carboxylic acids is 1. The van der Waals surface area contributed by atoms with Crippen LogP contribution in [-0.4, -0.2) is 71.6 Å². The van der Waals surface area contributed by atoms with Gasteiger partial charge in [0.2, 0.25) is 0 Å². The molecule has 3 rings (SSSR count). The van der Waals surface area contributed by atoms with Gasteiger partial charge in [0.1, 0.15) is 24.1 Å². The number of ether oxygens (including phenoxy) is 1. The maximum absolute atomic E-state index is 10.8. The first-order valence-corrected chi connectivity index (χ1v) is 9.49. The third-order valence-corrected chi connectivity index (χ3v) is 5.10. The van der Waals surface area contributed by atoms with E-state index in [1.807, 2.05) is 0 Å². The Morgan fingerprint density at radius 1 is 1.27 bits per heavy atom. The highest BCUT2D eigenvalue weighted by molar-refractivity contribution is 5.81. The first kappa shape index (κ1) is 21.7. The van der Waals surface area contributed by atoms with E-state index in [0.717, 1.165) is 0 Å². The van der Waals surface area contributed by atoms with Gasteiger partial charge in [0.05, 0.1) is 12.4 Å². The lowest BCUT2D eigenvalue weighted by atomic mass is 9.93. The molecule has 0 aromatic carbocycles. The van der Waals surface area contributed by atoms with Crippen LogP contribution in [0.3, 0.4) is 0 Å². The largest absolute Gasteiger partial charge is 0.481 e. The van der Waals surface area contributed by atoms with Crippen molar-refractivity contribution in [2.75, 3.05) is 12.3 Å². The molecule has 30 heavy (non-hydrogen) atoms. The minimum absolute atomic E-state index is 0.0137. The number of anilines is 1. The number of carbonyl (C=O) groups is 1. The molecule has 5 unspecified atom stereocenters. The molecule has 1 fully saturated rings. The number of hydrogen-bond donors (Lipinski definition) is 6. The lowest BCUT2D eigenvalue weighted by molar-refractivity contribution is -0.137. The number of nitrogens with zero attached hydrogens (tertiary/aromatic N) is 5. The third kappa shape index (κ3) is 4.75. The Balaban J connectivity index is 1.74. The van der Waals surface area contributed by atoms with Crippen LogP contribution in [0.2, 0.25) is 0 Å². The van der Waals surface area contributed by atoms with Crippen molar-refractivity contribution in [3.05, 3.63) is 12.7 Å². The van der Waals surface area contributed by atoms with Crippen LogP contribution in [0, 0.1) is 5.92 Å². The van der Waals surface area contributed by atoms with Crippen molar-refractivity contribution in [1.82, 2.24) is 19.5 Å². The monoisotopic (exact) mass is 422 g/mol. The molecule has 3 heterocycles. The van der Waals surface area contributed by atoms with Gasteiger partial charge in [-0.1, -0.05) is 0 Å². The molecular formula is C17H26N8O5. The summed E-state index contributed by atoms with van der Waals surface area (Å²) in [7, 11) is 0. The van der Waals surface area contributed by atoms with Crippen LogP contribution in [0.15, 0.2) is 17.6 Å². The molecule has 2 aromatic heterocycles. The predicted octanol–water partition coefficient (Wildman–Crippen LogP) is -1.44. The fourth-order valence-electron chi connectivity index (χ4n) is 3.60. The molecule has 9 N–H and O–H groups in total. The van der Waals surface area contributed by atoms with Gasteiger partial charge >= 0.3 is 5.97 Å². The van der Waals surface area contributed by atoms with Crippen LogP contribution >= 0.6 is 0 Å². The number of fused-ring (bicyclic) bond motifs is 1. The average Bonchev–Trinajstić information content (AvgIpc) is 3.23. The highest BCUT2D eigenvalue weighted by Gasteiger charge is 2.44. The number of guanidine groups is 1. The van der Waals surface area contributed by atoms with Gasteiger partial charge in [-0.3, -0.25) is 14.4 Å². The predicted molar refractivity (Wildman–Crippen MR) is 106 cm³/mol.